The third kappa shape index (κ3) is 7.27. The zero-order chi connectivity index (χ0) is 16.2. The van der Waals surface area contributed by atoms with E-state index in [0.29, 0.717) is 0 Å². The number of carbonyl (C=O) groups excluding carboxylic acids is 1. The first-order valence-electron chi connectivity index (χ1n) is 6.53. The lowest BCUT2D eigenvalue weighted by molar-refractivity contribution is 0.0472. The number of nitrogens with one attached hydrogen (secondary N) is 1. The highest BCUT2D eigenvalue weighted by Crippen LogP contribution is 2.48. The Balaban J connectivity index is 4.94. The summed E-state index contributed by atoms with van der Waals surface area (Å²) in [6, 6.07) is -0.400. The van der Waals surface area contributed by atoms with Gasteiger partial charge in [-0.1, -0.05) is 20.8 Å². The molecule has 0 aromatic carbocycles. The maximum atomic E-state index is 12.2. The standard InChI is InChI=1S/C13H28NO5P/c1-12(2,3)10(9-20(16,17-7)18-8)14-11(15)19-13(4,5)6/h10H,9H2,1-8H3,(H,14,15)/t10-/m0/s1. The average molecular weight is 309 g/mol. The van der Waals surface area contributed by atoms with Crippen LogP contribution in [0.25, 0.3) is 0 Å². The Bertz CT molecular complexity index is 362. The van der Waals surface area contributed by atoms with Crippen molar-refractivity contribution in [1.29, 1.82) is 0 Å². The van der Waals surface area contributed by atoms with E-state index < -0.39 is 25.3 Å². The molecular weight excluding hydrogens is 281 g/mol. The smallest absolute Gasteiger partial charge is 0.407 e. The largest absolute Gasteiger partial charge is 0.444 e. The van der Waals surface area contributed by atoms with Gasteiger partial charge in [-0.15, -0.1) is 0 Å². The summed E-state index contributed by atoms with van der Waals surface area (Å²) in [5.74, 6) is 0. The summed E-state index contributed by atoms with van der Waals surface area (Å²) >= 11 is 0. The average Bonchev–Trinajstić information content (AvgIpc) is 2.24. The van der Waals surface area contributed by atoms with E-state index in [1.807, 2.05) is 20.8 Å². The van der Waals surface area contributed by atoms with Gasteiger partial charge >= 0.3 is 13.7 Å². The summed E-state index contributed by atoms with van der Waals surface area (Å²) in [7, 11) is -0.550. The van der Waals surface area contributed by atoms with Gasteiger partial charge in [-0.2, -0.15) is 0 Å². The summed E-state index contributed by atoms with van der Waals surface area (Å²) in [5, 5.41) is 2.74. The first kappa shape index (κ1) is 19.4. The van der Waals surface area contributed by atoms with E-state index in [9.17, 15) is 9.36 Å². The van der Waals surface area contributed by atoms with Crippen LogP contribution in [0.5, 0.6) is 0 Å². The van der Waals surface area contributed by atoms with Crippen LogP contribution < -0.4 is 5.32 Å². The van der Waals surface area contributed by atoms with Crippen molar-refractivity contribution in [2.24, 2.45) is 5.41 Å². The van der Waals surface area contributed by atoms with E-state index in [4.69, 9.17) is 13.8 Å². The van der Waals surface area contributed by atoms with Crippen LogP contribution in [0.1, 0.15) is 41.5 Å². The Labute approximate surface area is 122 Å². The molecule has 20 heavy (non-hydrogen) atoms. The highest BCUT2D eigenvalue weighted by Gasteiger charge is 2.35. The van der Waals surface area contributed by atoms with Crippen molar-refractivity contribution in [3.05, 3.63) is 0 Å². The summed E-state index contributed by atoms with van der Waals surface area (Å²) < 4.78 is 27.3. The maximum absolute atomic E-state index is 12.2. The van der Waals surface area contributed by atoms with Crippen molar-refractivity contribution in [2.75, 3.05) is 20.4 Å². The van der Waals surface area contributed by atoms with E-state index in [-0.39, 0.29) is 11.6 Å². The number of hydrogen-bond donors (Lipinski definition) is 1. The molecule has 7 heteroatoms. The van der Waals surface area contributed by atoms with Crippen molar-refractivity contribution >= 4 is 13.7 Å². The fraction of sp³-hybridized carbons (Fsp3) is 0.923. The van der Waals surface area contributed by atoms with Crippen LogP contribution in [0.4, 0.5) is 4.79 Å². The lowest BCUT2D eigenvalue weighted by Gasteiger charge is -2.33. The topological polar surface area (TPSA) is 73.9 Å². The number of carbonyl (C=O) groups is 1. The van der Waals surface area contributed by atoms with Gasteiger partial charge in [-0.25, -0.2) is 4.79 Å². The van der Waals surface area contributed by atoms with Crippen molar-refractivity contribution in [3.8, 4) is 0 Å². The molecule has 1 amide bonds. The van der Waals surface area contributed by atoms with E-state index >= 15 is 0 Å². The van der Waals surface area contributed by atoms with Gasteiger partial charge in [0.05, 0.1) is 6.16 Å². The Kier molecular flexibility index (Phi) is 6.72. The minimum absolute atomic E-state index is 0.0861. The molecule has 0 saturated carbocycles. The quantitative estimate of drug-likeness (QED) is 0.788. The van der Waals surface area contributed by atoms with Gasteiger partial charge in [0.25, 0.3) is 0 Å². The van der Waals surface area contributed by atoms with Crippen molar-refractivity contribution in [2.45, 2.75) is 53.2 Å². The zero-order valence-electron chi connectivity index (χ0n) is 13.8. The monoisotopic (exact) mass is 309 g/mol. The van der Waals surface area contributed by atoms with Gasteiger partial charge in [-0.05, 0) is 26.2 Å². The molecule has 0 spiro atoms. The van der Waals surface area contributed by atoms with Crippen LogP contribution in [-0.2, 0) is 18.3 Å². The first-order chi connectivity index (χ1) is 8.83. The molecule has 6 nitrogen and oxygen atoms in total. The molecule has 0 aromatic rings. The second-order valence-electron chi connectivity index (χ2n) is 6.72. The molecule has 0 aliphatic heterocycles. The third-order valence-corrected chi connectivity index (χ3v) is 4.62. The normalized spacial score (nSPS) is 14.8. The van der Waals surface area contributed by atoms with Gasteiger partial charge in [0.15, 0.2) is 0 Å². The summed E-state index contributed by atoms with van der Waals surface area (Å²) in [6.45, 7) is 11.2. The predicted octanol–water partition coefficient (Wildman–Crippen LogP) is 3.41. The van der Waals surface area contributed by atoms with E-state index in [1.54, 1.807) is 20.8 Å². The Morgan fingerprint density at radius 1 is 1.10 bits per heavy atom. The Hall–Kier alpha value is -0.580. The highest BCUT2D eigenvalue weighted by atomic mass is 31.2. The molecular formula is C13H28NO5P. The van der Waals surface area contributed by atoms with Crippen LogP contribution in [-0.4, -0.2) is 38.1 Å². The maximum Gasteiger partial charge on any atom is 0.407 e. The second kappa shape index (κ2) is 6.92. The molecule has 0 heterocycles. The number of ether oxygens (including phenoxy) is 1. The molecule has 0 radical (unpaired) electrons. The van der Waals surface area contributed by atoms with Gasteiger partial charge in [0.2, 0.25) is 0 Å². The van der Waals surface area contributed by atoms with Crippen molar-refractivity contribution in [3.63, 3.8) is 0 Å². The van der Waals surface area contributed by atoms with Crippen LogP contribution in [0.15, 0.2) is 0 Å². The molecule has 0 aromatic heterocycles. The highest BCUT2D eigenvalue weighted by molar-refractivity contribution is 7.53. The van der Waals surface area contributed by atoms with Crippen LogP contribution in [0, 0.1) is 5.41 Å². The minimum atomic E-state index is -3.21. The van der Waals surface area contributed by atoms with Crippen LogP contribution in [0.3, 0.4) is 0 Å². The molecule has 0 rings (SSSR count). The molecule has 0 bridgehead atoms. The fourth-order valence-corrected chi connectivity index (χ4v) is 2.97. The molecule has 0 saturated heterocycles. The summed E-state index contributed by atoms with van der Waals surface area (Å²) in [4.78, 5) is 11.9. The second-order valence-corrected chi connectivity index (χ2v) is 9.04. The van der Waals surface area contributed by atoms with Crippen molar-refractivity contribution < 1.29 is 23.1 Å². The lowest BCUT2D eigenvalue weighted by Crippen LogP contribution is -2.47. The Morgan fingerprint density at radius 2 is 1.55 bits per heavy atom. The van der Waals surface area contributed by atoms with Crippen LogP contribution in [0.2, 0.25) is 0 Å². The van der Waals surface area contributed by atoms with Gasteiger partial charge in [0.1, 0.15) is 5.60 Å². The molecule has 0 unspecified atom stereocenters. The number of amides is 1. The van der Waals surface area contributed by atoms with E-state index in [0.717, 1.165) is 0 Å². The van der Waals surface area contributed by atoms with Crippen molar-refractivity contribution in [1.82, 2.24) is 5.32 Å². The number of rotatable bonds is 5. The molecule has 0 fully saturated rings. The summed E-state index contributed by atoms with van der Waals surface area (Å²) in [6.07, 6.45) is -0.459. The lowest BCUT2D eigenvalue weighted by atomic mass is 9.88. The predicted molar refractivity (Wildman–Crippen MR) is 79.1 cm³/mol. The number of hydrogen-bond acceptors (Lipinski definition) is 5. The molecule has 1 atom stereocenters. The molecule has 0 aliphatic carbocycles. The molecule has 120 valence electrons. The SMILES string of the molecule is COP(=O)(C[C@H](NC(=O)OC(C)(C)C)C(C)(C)C)OC. The third-order valence-electron chi connectivity index (χ3n) is 2.70. The molecule has 1 N–H and O–H groups in total. The van der Waals surface area contributed by atoms with E-state index in [2.05, 4.69) is 5.32 Å². The summed E-state index contributed by atoms with van der Waals surface area (Å²) in [5.41, 5.74) is -0.900. The van der Waals surface area contributed by atoms with E-state index in [1.165, 1.54) is 14.2 Å². The van der Waals surface area contributed by atoms with Gasteiger partial charge in [-0.3, -0.25) is 4.57 Å². The molecule has 0 aliphatic rings. The fourth-order valence-electron chi connectivity index (χ4n) is 1.43. The Morgan fingerprint density at radius 3 is 1.85 bits per heavy atom. The van der Waals surface area contributed by atoms with Crippen LogP contribution >= 0.6 is 7.60 Å². The van der Waals surface area contributed by atoms with Gasteiger partial charge in [0, 0.05) is 20.3 Å². The number of alkyl carbamates (subject to hydrolysis) is 1. The first-order valence-corrected chi connectivity index (χ1v) is 8.26. The minimum Gasteiger partial charge on any atom is -0.444 e. The van der Waals surface area contributed by atoms with Gasteiger partial charge < -0.3 is 19.1 Å². The zero-order valence-corrected chi connectivity index (χ0v) is 14.7.